The van der Waals surface area contributed by atoms with Crippen LogP contribution in [0, 0.1) is 11.7 Å². The first-order valence-corrected chi connectivity index (χ1v) is 12.1. The minimum absolute atomic E-state index is 0.110. The third-order valence-electron chi connectivity index (χ3n) is 6.12. The van der Waals surface area contributed by atoms with E-state index < -0.39 is 11.7 Å². The highest BCUT2D eigenvalue weighted by Crippen LogP contribution is 2.27. The van der Waals surface area contributed by atoms with E-state index in [4.69, 9.17) is 11.6 Å². The van der Waals surface area contributed by atoms with E-state index in [-0.39, 0.29) is 33.7 Å². The highest BCUT2D eigenvalue weighted by molar-refractivity contribution is 6.34. The second-order valence-electron chi connectivity index (χ2n) is 8.94. The summed E-state index contributed by atoms with van der Waals surface area (Å²) in [6.07, 6.45) is 1.47. The van der Waals surface area contributed by atoms with Crippen LogP contribution in [0.1, 0.15) is 20.8 Å². The molecule has 10 heteroatoms. The molecule has 5 rings (SSSR count). The molecule has 188 valence electrons. The van der Waals surface area contributed by atoms with Gasteiger partial charge in [0, 0.05) is 43.4 Å². The van der Waals surface area contributed by atoms with Gasteiger partial charge in [0.25, 0.3) is 11.8 Å². The lowest BCUT2D eigenvalue weighted by Gasteiger charge is -2.36. The molecule has 2 aromatic heterocycles. The Hall–Kier alpha value is -4.08. The molecule has 0 saturated carbocycles. The van der Waals surface area contributed by atoms with Gasteiger partial charge in [0.15, 0.2) is 5.69 Å². The maximum Gasteiger partial charge on any atom is 0.271 e. The zero-order valence-electron chi connectivity index (χ0n) is 20.0. The molecular weight excluding hydrogens is 495 g/mol. The number of para-hydroxylation sites is 1. The molecule has 8 nitrogen and oxygen atoms in total. The van der Waals surface area contributed by atoms with Gasteiger partial charge in [-0.25, -0.2) is 9.07 Å². The van der Waals surface area contributed by atoms with Gasteiger partial charge >= 0.3 is 0 Å². The molecule has 1 aliphatic heterocycles. The molecule has 4 aromatic rings. The lowest BCUT2D eigenvalue weighted by molar-refractivity contribution is 0.0892. The van der Waals surface area contributed by atoms with E-state index in [2.05, 4.69) is 25.6 Å². The van der Waals surface area contributed by atoms with Gasteiger partial charge in [-0.2, -0.15) is 5.10 Å². The number of anilines is 1. The zero-order valence-corrected chi connectivity index (χ0v) is 20.7. The minimum Gasteiger partial charge on any atom is -0.350 e. The molecule has 0 spiro atoms. The summed E-state index contributed by atoms with van der Waals surface area (Å²) in [5, 5.41) is 10.4. The first kappa shape index (κ1) is 24.6. The first-order chi connectivity index (χ1) is 17.9. The van der Waals surface area contributed by atoms with Crippen LogP contribution in [0.3, 0.4) is 0 Å². The summed E-state index contributed by atoms with van der Waals surface area (Å²) in [7, 11) is 2.03. The summed E-state index contributed by atoms with van der Waals surface area (Å²) in [5.41, 5.74) is 1.48. The first-order valence-electron chi connectivity index (χ1n) is 11.7. The summed E-state index contributed by atoms with van der Waals surface area (Å²) >= 11 is 6.33. The van der Waals surface area contributed by atoms with Crippen LogP contribution < -0.4 is 10.6 Å². The number of amides is 2. The van der Waals surface area contributed by atoms with Crippen LogP contribution >= 0.6 is 11.6 Å². The summed E-state index contributed by atoms with van der Waals surface area (Å²) < 4.78 is 15.8. The maximum atomic E-state index is 14.3. The van der Waals surface area contributed by atoms with Crippen molar-refractivity contribution in [2.24, 2.45) is 5.92 Å². The molecule has 0 aliphatic carbocycles. The fourth-order valence-electron chi connectivity index (χ4n) is 4.26. The van der Waals surface area contributed by atoms with Gasteiger partial charge in [-0.3, -0.25) is 14.6 Å². The van der Waals surface area contributed by atoms with Gasteiger partial charge in [-0.05, 0) is 43.4 Å². The van der Waals surface area contributed by atoms with Crippen LogP contribution in [0.2, 0.25) is 5.02 Å². The largest absolute Gasteiger partial charge is 0.350 e. The lowest BCUT2D eigenvalue weighted by Crippen LogP contribution is -2.49. The second kappa shape index (κ2) is 10.5. The Bertz CT molecular complexity index is 1450. The predicted molar refractivity (Wildman–Crippen MR) is 139 cm³/mol. The number of carbonyl (C=O) groups excluding carboxylic acids is 2. The Kier molecular flexibility index (Phi) is 6.98. The van der Waals surface area contributed by atoms with Crippen molar-refractivity contribution >= 4 is 29.2 Å². The zero-order chi connectivity index (χ0) is 25.9. The van der Waals surface area contributed by atoms with E-state index in [9.17, 15) is 14.0 Å². The minimum atomic E-state index is -0.537. The van der Waals surface area contributed by atoms with Crippen LogP contribution in [0.5, 0.6) is 0 Å². The number of aromatic nitrogens is 3. The number of benzene rings is 2. The van der Waals surface area contributed by atoms with E-state index in [1.165, 1.54) is 41.2 Å². The molecule has 0 bridgehead atoms. The van der Waals surface area contributed by atoms with Crippen LogP contribution in [-0.2, 0) is 0 Å². The van der Waals surface area contributed by atoms with E-state index in [1.54, 1.807) is 6.07 Å². The summed E-state index contributed by atoms with van der Waals surface area (Å²) in [5.74, 6) is -0.685. The van der Waals surface area contributed by atoms with Crippen molar-refractivity contribution in [2.45, 2.75) is 0 Å². The third kappa shape index (κ3) is 5.37. The molecule has 0 radical (unpaired) electrons. The van der Waals surface area contributed by atoms with E-state index in [0.29, 0.717) is 23.7 Å². The number of hydrogen-bond donors (Lipinski definition) is 2. The van der Waals surface area contributed by atoms with Crippen molar-refractivity contribution in [3.63, 3.8) is 0 Å². The standard InChI is InChI=1S/C27H24ClFN6O2/c1-34-15-17(16-34)14-31-27(37)23-13-24(35(33-23)19-6-3-2-4-7-19)32-26(36)20-12-18(9-10-21(20)28)25-22(29)8-5-11-30-25/h2-13,17H,14-16H2,1H3,(H,31,37)(H,32,36). The molecule has 37 heavy (non-hydrogen) atoms. The lowest BCUT2D eigenvalue weighted by atomic mass is 10.0. The van der Waals surface area contributed by atoms with Crippen LogP contribution in [0.4, 0.5) is 10.2 Å². The quantitative estimate of drug-likeness (QED) is 0.381. The number of likely N-dealkylation sites (tertiary alicyclic amines) is 1. The van der Waals surface area contributed by atoms with Gasteiger partial charge in [0.1, 0.15) is 17.3 Å². The van der Waals surface area contributed by atoms with Crippen LogP contribution in [0.15, 0.2) is 72.9 Å². The SMILES string of the molecule is CN1CC(CNC(=O)c2cc(NC(=O)c3cc(-c4ncccc4F)ccc3Cl)n(-c3ccccc3)n2)C1. The molecule has 0 atom stereocenters. The van der Waals surface area contributed by atoms with Crippen molar-refractivity contribution in [1.82, 2.24) is 25.0 Å². The molecule has 1 aliphatic rings. The van der Waals surface area contributed by atoms with Gasteiger partial charge in [-0.1, -0.05) is 35.9 Å². The molecule has 1 fully saturated rings. The number of halogens is 2. The highest BCUT2D eigenvalue weighted by Gasteiger charge is 2.25. The molecule has 2 aromatic carbocycles. The fraction of sp³-hybridized carbons (Fsp3) is 0.185. The number of hydrogen-bond acceptors (Lipinski definition) is 5. The van der Waals surface area contributed by atoms with Crippen molar-refractivity contribution in [3.05, 3.63) is 95.0 Å². The van der Waals surface area contributed by atoms with Crippen molar-refractivity contribution in [3.8, 4) is 16.9 Å². The molecule has 0 unspecified atom stereocenters. The van der Waals surface area contributed by atoms with Crippen LogP contribution in [0.25, 0.3) is 16.9 Å². The van der Waals surface area contributed by atoms with E-state index in [1.807, 2.05) is 37.4 Å². The van der Waals surface area contributed by atoms with Gasteiger partial charge in [0.2, 0.25) is 0 Å². The number of rotatable bonds is 7. The molecule has 2 N–H and O–H groups in total. The summed E-state index contributed by atoms with van der Waals surface area (Å²) in [6, 6.07) is 18.0. The second-order valence-corrected chi connectivity index (χ2v) is 9.35. The molecule has 3 heterocycles. The monoisotopic (exact) mass is 518 g/mol. The predicted octanol–water partition coefficient (Wildman–Crippen LogP) is 4.27. The molecule has 2 amide bonds. The Morgan fingerprint density at radius 1 is 1.05 bits per heavy atom. The van der Waals surface area contributed by atoms with Gasteiger partial charge in [0.05, 0.1) is 16.3 Å². The molecule has 1 saturated heterocycles. The normalized spacial score (nSPS) is 13.7. The number of pyridine rings is 1. The summed E-state index contributed by atoms with van der Waals surface area (Å²) in [6.45, 7) is 2.42. The Morgan fingerprint density at radius 3 is 2.57 bits per heavy atom. The van der Waals surface area contributed by atoms with Crippen molar-refractivity contribution in [1.29, 1.82) is 0 Å². The van der Waals surface area contributed by atoms with Gasteiger partial charge in [-0.15, -0.1) is 0 Å². The average Bonchev–Trinajstić information content (AvgIpc) is 3.31. The topological polar surface area (TPSA) is 92.2 Å². The van der Waals surface area contributed by atoms with E-state index >= 15 is 0 Å². The van der Waals surface area contributed by atoms with Crippen LogP contribution in [-0.4, -0.2) is 58.2 Å². The smallest absolute Gasteiger partial charge is 0.271 e. The Morgan fingerprint density at radius 2 is 1.84 bits per heavy atom. The Balaban J connectivity index is 1.42. The summed E-state index contributed by atoms with van der Waals surface area (Å²) in [4.78, 5) is 32.4. The fourth-order valence-corrected chi connectivity index (χ4v) is 4.46. The average molecular weight is 519 g/mol. The van der Waals surface area contributed by atoms with Crippen molar-refractivity contribution < 1.29 is 14.0 Å². The maximum absolute atomic E-state index is 14.3. The Labute approximate surface area is 218 Å². The number of nitrogens with one attached hydrogen (secondary N) is 2. The van der Waals surface area contributed by atoms with E-state index in [0.717, 1.165) is 13.1 Å². The number of carbonyl (C=O) groups is 2. The van der Waals surface area contributed by atoms with Gasteiger partial charge < -0.3 is 15.5 Å². The highest BCUT2D eigenvalue weighted by atomic mass is 35.5. The third-order valence-corrected chi connectivity index (χ3v) is 6.45. The number of nitrogens with zero attached hydrogens (tertiary/aromatic N) is 4. The van der Waals surface area contributed by atoms with Crippen molar-refractivity contribution in [2.75, 3.05) is 32.0 Å². The molecular formula is C27H24ClFN6O2.